The maximum Gasteiger partial charge on any atom is 0.227 e. The monoisotopic (exact) mass is 345 g/mol. The number of aryl methyl sites for hydroxylation is 1. The Morgan fingerprint density at radius 1 is 1.27 bits per heavy atom. The molecule has 0 saturated heterocycles. The Bertz CT molecular complexity index is 1010. The van der Waals surface area contributed by atoms with Crippen LogP contribution in [0.2, 0.25) is 0 Å². The number of nitrogens with one attached hydrogen (secondary N) is 2. The maximum absolute atomic E-state index is 12.2. The number of anilines is 3. The summed E-state index contributed by atoms with van der Waals surface area (Å²) < 4.78 is 1.93. The standard InChI is InChI=1S/C20H19N5O/c1-25-12-22-19-17(24-20(26)14-4-5-14)10-16(11-18(19)25)23-15-6-2-13(3-7-15)8-9-21/h2-3,6-7,10-12,14,23H,4-5,8H2,1H3,(H,24,26). The first-order valence-electron chi connectivity index (χ1n) is 8.63. The summed E-state index contributed by atoms with van der Waals surface area (Å²) in [6, 6.07) is 13.8. The SMILES string of the molecule is Cn1cnc2c(NC(=O)C3CC3)cc(Nc3ccc(CC#N)cc3)cc21. The van der Waals surface area contributed by atoms with Crippen molar-refractivity contribution in [2.45, 2.75) is 19.3 Å². The molecule has 26 heavy (non-hydrogen) atoms. The van der Waals surface area contributed by atoms with Crippen molar-refractivity contribution in [2.24, 2.45) is 13.0 Å². The van der Waals surface area contributed by atoms with E-state index in [9.17, 15) is 4.79 Å². The van der Waals surface area contributed by atoms with E-state index in [-0.39, 0.29) is 11.8 Å². The first-order valence-corrected chi connectivity index (χ1v) is 8.63. The van der Waals surface area contributed by atoms with Crippen molar-refractivity contribution in [1.29, 1.82) is 5.26 Å². The van der Waals surface area contributed by atoms with Gasteiger partial charge in [0.2, 0.25) is 5.91 Å². The van der Waals surface area contributed by atoms with Crippen LogP contribution < -0.4 is 10.6 Å². The molecule has 6 heteroatoms. The number of amides is 1. The van der Waals surface area contributed by atoms with Crippen LogP contribution in [-0.4, -0.2) is 15.5 Å². The Balaban J connectivity index is 1.64. The number of nitriles is 1. The lowest BCUT2D eigenvalue weighted by molar-refractivity contribution is -0.117. The molecule has 4 rings (SSSR count). The fourth-order valence-electron chi connectivity index (χ4n) is 2.94. The second kappa shape index (κ2) is 6.52. The molecule has 0 atom stereocenters. The average Bonchev–Trinajstić information content (AvgIpc) is 3.42. The molecule has 0 bridgehead atoms. The van der Waals surface area contributed by atoms with Gasteiger partial charge < -0.3 is 15.2 Å². The van der Waals surface area contributed by atoms with Crippen molar-refractivity contribution in [3.05, 3.63) is 48.3 Å². The minimum atomic E-state index is 0.0648. The molecule has 1 aliphatic rings. The molecule has 6 nitrogen and oxygen atoms in total. The number of fused-ring (bicyclic) bond motifs is 1. The topological polar surface area (TPSA) is 82.7 Å². The zero-order chi connectivity index (χ0) is 18.1. The molecule has 2 aromatic carbocycles. The number of benzene rings is 2. The molecule has 1 aromatic heterocycles. The van der Waals surface area contributed by atoms with Crippen molar-refractivity contribution in [2.75, 3.05) is 10.6 Å². The Morgan fingerprint density at radius 3 is 2.73 bits per heavy atom. The third kappa shape index (κ3) is 3.24. The third-order valence-electron chi connectivity index (χ3n) is 4.56. The van der Waals surface area contributed by atoms with Crippen molar-refractivity contribution in [3.8, 4) is 6.07 Å². The van der Waals surface area contributed by atoms with Gasteiger partial charge >= 0.3 is 0 Å². The predicted molar refractivity (Wildman–Crippen MR) is 101 cm³/mol. The minimum absolute atomic E-state index is 0.0648. The molecule has 3 aromatic rings. The number of carbonyl (C=O) groups is 1. The molecule has 0 unspecified atom stereocenters. The molecule has 0 radical (unpaired) electrons. The van der Waals surface area contributed by atoms with Gasteiger partial charge in [-0.1, -0.05) is 12.1 Å². The molecular weight excluding hydrogens is 326 g/mol. The van der Waals surface area contributed by atoms with Gasteiger partial charge in [0.1, 0.15) is 5.52 Å². The lowest BCUT2D eigenvalue weighted by Gasteiger charge is -2.12. The predicted octanol–water partition coefficient (Wildman–Crippen LogP) is 3.73. The Hall–Kier alpha value is -3.33. The Kier molecular flexibility index (Phi) is 4.05. The average molecular weight is 345 g/mol. The van der Waals surface area contributed by atoms with E-state index < -0.39 is 0 Å². The van der Waals surface area contributed by atoms with Crippen LogP contribution in [0.3, 0.4) is 0 Å². The van der Waals surface area contributed by atoms with Crippen LogP contribution in [0.4, 0.5) is 17.1 Å². The highest BCUT2D eigenvalue weighted by atomic mass is 16.2. The largest absolute Gasteiger partial charge is 0.355 e. The van der Waals surface area contributed by atoms with E-state index in [0.717, 1.165) is 46.5 Å². The zero-order valence-corrected chi connectivity index (χ0v) is 14.5. The maximum atomic E-state index is 12.2. The summed E-state index contributed by atoms with van der Waals surface area (Å²) in [5.74, 6) is 0.202. The van der Waals surface area contributed by atoms with Crippen LogP contribution in [0, 0.1) is 17.2 Å². The van der Waals surface area contributed by atoms with Gasteiger partial charge in [0.15, 0.2) is 0 Å². The van der Waals surface area contributed by atoms with Gasteiger partial charge in [0, 0.05) is 24.3 Å². The Labute approximate surface area is 151 Å². The molecule has 130 valence electrons. The number of rotatable bonds is 5. The van der Waals surface area contributed by atoms with Gasteiger partial charge in [-0.25, -0.2) is 4.98 Å². The summed E-state index contributed by atoms with van der Waals surface area (Å²) in [6.07, 6.45) is 4.07. The molecular formula is C20H19N5O. The molecule has 1 amide bonds. The number of hydrogen-bond donors (Lipinski definition) is 2. The highest BCUT2D eigenvalue weighted by molar-refractivity contribution is 6.02. The second-order valence-corrected chi connectivity index (χ2v) is 6.67. The van der Waals surface area contributed by atoms with Gasteiger partial charge in [-0.2, -0.15) is 5.26 Å². The number of aromatic nitrogens is 2. The van der Waals surface area contributed by atoms with Gasteiger partial charge in [0.05, 0.1) is 30.0 Å². The number of carbonyl (C=O) groups excluding carboxylic acids is 1. The first kappa shape index (κ1) is 16.2. The summed E-state index contributed by atoms with van der Waals surface area (Å²) in [7, 11) is 1.93. The van der Waals surface area contributed by atoms with Gasteiger partial charge in [-0.05, 0) is 42.7 Å². The van der Waals surface area contributed by atoms with E-state index in [4.69, 9.17) is 5.26 Å². The van der Waals surface area contributed by atoms with Gasteiger partial charge in [-0.15, -0.1) is 0 Å². The zero-order valence-electron chi connectivity index (χ0n) is 14.5. The summed E-state index contributed by atoms with van der Waals surface area (Å²) in [5, 5.41) is 15.2. The van der Waals surface area contributed by atoms with E-state index in [1.807, 2.05) is 48.0 Å². The minimum Gasteiger partial charge on any atom is -0.355 e. The molecule has 1 aliphatic carbocycles. The van der Waals surface area contributed by atoms with Crippen LogP contribution in [0.15, 0.2) is 42.7 Å². The molecule has 2 N–H and O–H groups in total. The normalized spacial score (nSPS) is 13.4. The van der Waals surface area contributed by atoms with Crippen molar-refractivity contribution < 1.29 is 4.79 Å². The highest BCUT2D eigenvalue weighted by Crippen LogP contribution is 2.33. The van der Waals surface area contributed by atoms with E-state index in [1.54, 1.807) is 6.33 Å². The van der Waals surface area contributed by atoms with E-state index in [0.29, 0.717) is 6.42 Å². The number of imidazole rings is 1. The fourth-order valence-corrected chi connectivity index (χ4v) is 2.94. The summed E-state index contributed by atoms with van der Waals surface area (Å²) in [6.45, 7) is 0. The number of hydrogen-bond acceptors (Lipinski definition) is 4. The quantitative estimate of drug-likeness (QED) is 0.738. The molecule has 1 heterocycles. The lowest BCUT2D eigenvalue weighted by atomic mass is 10.1. The summed E-state index contributed by atoms with van der Waals surface area (Å²) >= 11 is 0. The molecule has 0 aliphatic heterocycles. The van der Waals surface area contributed by atoms with Crippen LogP contribution in [-0.2, 0) is 18.3 Å². The van der Waals surface area contributed by atoms with Gasteiger partial charge in [0.25, 0.3) is 0 Å². The van der Waals surface area contributed by atoms with E-state index in [1.165, 1.54) is 0 Å². The molecule has 1 fully saturated rings. The Morgan fingerprint density at radius 2 is 2.04 bits per heavy atom. The fraction of sp³-hybridized carbons (Fsp3) is 0.250. The van der Waals surface area contributed by atoms with Crippen LogP contribution in [0.1, 0.15) is 18.4 Å². The van der Waals surface area contributed by atoms with Crippen molar-refractivity contribution in [3.63, 3.8) is 0 Å². The van der Waals surface area contributed by atoms with Gasteiger partial charge in [-0.3, -0.25) is 4.79 Å². The third-order valence-corrected chi connectivity index (χ3v) is 4.56. The van der Waals surface area contributed by atoms with Crippen molar-refractivity contribution in [1.82, 2.24) is 9.55 Å². The van der Waals surface area contributed by atoms with Crippen LogP contribution >= 0.6 is 0 Å². The molecule has 0 spiro atoms. The van der Waals surface area contributed by atoms with Crippen molar-refractivity contribution >= 4 is 34.0 Å². The van der Waals surface area contributed by atoms with E-state index in [2.05, 4.69) is 21.7 Å². The first-order chi connectivity index (χ1) is 12.6. The number of nitrogens with zero attached hydrogens (tertiary/aromatic N) is 3. The van der Waals surface area contributed by atoms with Crippen LogP contribution in [0.5, 0.6) is 0 Å². The van der Waals surface area contributed by atoms with Crippen LogP contribution in [0.25, 0.3) is 11.0 Å². The second-order valence-electron chi connectivity index (χ2n) is 6.67. The lowest BCUT2D eigenvalue weighted by Crippen LogP contribution is -2.13. The molecule has 1 saturated carbocycles. The summed E-state index contributed by atoms with van der Waals surface area (Å²) in [5.41, 5.74) is 5.24. The smallest absolute Gasteiger partial charge is 0.227 e. The highest BCUT2D eigenvalue weighted by Gasteiger charge is 2.30. The van der Waals surface area contributed by atoms with E-state index >= 15 is 0 Å². The summed E-state index contributed by atoms with van der Waals surface area (Å²) in [4.78, 5) is 16.6.